The molecule has 0 saturated carbocycles. The van der Waals surface area contributed by atoms with Gasteiger partial charge in [-0.05, 0) is 30.3 Å². The monoisotopic (exact) mass is 254 g/mol. The molecule has 0 spiro atoms. The number of rotatable bonds is 1. The molecule has 0 aliphatic heterocycles. The summed E-state index contributed by atoms with van der Waals surface area (Å²) in [6.07, 6.45) is 0. The van der Waals surface area contributed by atoms with Gasteiger partial charge in [-0.15, -0.1) is 11.3 Å². The summed E-state index contributed by atoms with van der Waals surface area (Å²) in [4.78, 5) is 4.44. The Hall–Kier alpha value is -2.25. The van der Waals surface area contributed by atoms with Gasteiger partial charge in [0.25, 0.3) is 0 Å². The largest absolute Gasteiger partial charge is 0.236 e. The topological polar surface area (TPSA) is 36.7 Å². The number of fused-ring (bicyclic) bond motifs is 1. The lowest BCUT2D eigenvalue weighted by molar-refractivity contribution is 0.630. The smallest absolute Gasteiger partial charge is 0.124 e. The molecule has 2 aromatic carbocycles. The van der Waals surface area contributed by atoms with E-state index in [4.69, 9.17) is 5.26 Å². The predicted octanol–water partition coefficient (Wildman–Crippen LogP) is 3.97. The van der Waals surface area contributed by atoms with E-state index in [2.05, 4.69) is 11.1 Å². The third-order valence-corrected chi connectivity index (χ3v) is 3.66. The Kier molecular flexibility index (Phi) is 2.54. The third kappa shape index (κ3) is 1.85. The highest BCUT2D eigenvalue weighted by Crippen LogP contribution is 2.30. The molecule has 0 atom stereocenters. The van der Waals surface area contributed by atoms with Crippen LogP contribution in [0.15, 0.2) is 42.5 Å². The van der Waals surface area contributed by atoms with Gasteiger partial charge < -0.3 is 0 Å². The third-order valence-electron chi connectivity index (χ3n) is 2.59. The lowest BCUT2D eigenvalue weighted by Crippen LogP contribution is -1.78. The number of hydrogen-bond donors (Lipinski definition) is 0. The number of benzene rings is 2. The average Bonchev–Trinajstić information content (AvgIpc) is 2.81. The molecule has 0 aliphatic carbocycles. The first-order chi connectivity index (χ1) is 8.76. The Balaban J connectivity index is 2.16. The van der Waals surface area contributed by atoms with Crippen LogP contribution in [0.25, 0.3) is 20.8 Å². The molecular weight excluding hydrogens is 247 g/mol. The van der Waals surface area contributed by atoms with E-state index in [1.807, 2.05) is 12.1 Å². The van der Waals surface area contributed by atoms with Gasteiger partial charge in [-0.2, -0.15) is 5.26 Å². The highest BCUT2D eigenvalue weighted by Gasteiger charge is 2.07. The van der Waals surface area contributed by atoms with Gasteiger partial charge >= 0.3 is 0 Å². The van der Waals surface area contributed by atoms with Crippen molar-refractivity contribution in [2.75, 3.05) is 0 Å². The quantitative estimate of drug-likeness (QED) is 0.658. The minimum atomic E-state index is -0.261. The van der Waals surface area contributed by atoms with E-state index in [0.717, 1.165) is 20.8 Å². The van der Waals surface area contributed by atoms with Crippen LogP contribution in [0.3, 0.4) is 0 Å². The maximum atomic E-state index is 13.1. The summed E-state index contributed by atoms with van der Waals surface area (Å²) in [5, 5.41) is 9.67. The van der Waals surface area contributed by atoms with Crippen LogP contribution >= 0.6 is 11.3 Å². The molecule has 0 saturated heterocycles. The van der Waals surface area contributed by atoms with Crippen molar-refractivity contribution in [3.8, 4) is 16.6 Å². The van der Waals surface area contributed by atoms with Crippen LogP contribution in [0.2, 0.25) is 0 Å². The van der Waals surface area contributed by atoms with E-state index in [0.29, 0.717) is 5.56 Å². The van der Waals surface area contributed by atoms with Gasteiger partial charge in [-0.3, -0.25) is 0 Å². The van der Waals surface area contributed by atoms with Crippen molar-refractivity contribution in [3.63, 3.8) is 0 Å². The Bertz CT molecular complexity index is 771. The molecule has 0 radical (unpaired) electrons. The molecule has 0 unspecified atom stereocenters. The zero-order valence-corrected chi connectivity index (χ0v) is 10.0. The number of halogens is 1. The first-order valence-corrected chi connectivity index (χ1v) is 6.14. The minimum Gasteiger partial charge on any atom is -0.236 e. The normalized spacial score (nSPS) is 10.4. The second-order valence-electron chi connectivity index (χ2n) is 3.82. The van der Waals surface area contributed by atoms with Gasteiger partial charge in [0.15, 0.2) is 0 Å². The van der Waals surface area contributed by atoms with E-state index in [1.165, 1.54) is 23.5 Å². The van der Waals surface area contributed by atoms with Gasteiger partial charge in [0.2, 0.25) is 0 Å². The van der Waals surface area contributed by atoms with Crippen molar-refractivity contribution in [3.05, 3.63) is 53.8 Å². The maximum Gasteiger partial charge on any atom is 0.124 e. The maximum absolute atomic E-state index is 13.1. The van der Waals surface area contributed by atoms with E-state index >= 15 is 0 Å². The van der Waals surface area contributed by atoms with Crippen molar-refractivity contribution in [2.45, 2.75) is 0 Å². The molecule has 3 rings (SSSR count). The molecule has 18 heavy (non-hydrogen) atoms. The summed E-state index contributed by atoms with van der Waals surface area (Å²) < 4.78 is 13.9. The van der Waals surface area contributed by atoms with Crippen LogP contribution in [-0.4, -0.2) is 4.98 Å². The second-order valence-corrected chi connectivity index (χ2v) is 4.85. The molecular formula is C14H7FN2S. The van der Waals surface area contributed by atoms with Crippen LogP contribution in [0.5, 0.6) is 0 Å². The van der Waals surface area contributed by atoms with Gasteiger partial charge in [0, 0.05) is 5.56 Å². The zero-order valence-electron chi connectivity index (χ0n) is 9.22. The number of nitriles is 1. The van der Waals surface area contributed by atoms with Crippen molar-refractivity contribution >= 4 is 21.6 Å². The summed E-state index contributed by atoms with van der Waals surface area (Å²) in [7, 11) is 0. The van der Waals surface area contributed by atoms with Gasteiger partial charge in [-0.1, -0.05) is 12.1 Å². The fraction of sp³-hybridized carbons (Fsp3) is 0. The first-order valence-electron chi connectivity index (χ1n) is 5.33. The standard InChI is InChI=1S/C14H7FN2S/c15-11-4-5-12-13(7-11)18-14(17-12)10-3-1-2-9(6-10)8-16/h1-7H. The summed E-state index contributed by atoms with van der Waals surface area (Å²) in [6.45, 7) is 0. The molecule has 3 aromatic rings. The average molecular weight is 254 g/mol. The summed E-state index contributed by atoms with van der Waals surface area (Å²) in [5.41, 5.74) is 2.26. The zero-order chi connectivity index (χ0) is 12.5. The van der Waals surface area contributed by atoms with Crippen LogP contribution in [-0.2, 0) is 0 Å². The van der Waals surface area contributed by atoms with E-state index < -0.39 is 0 Å². The van der Waals surface area contributed by atoms with E-state index in [9.17, 15) is 4.39 Å². The molecule has 0 aliphatic rings. The van der Waals surface area contributed by atoms with Crippen molar-refractivity contribution in [1.29, 1.82) is 5.26 Å². The van der Waals surface area contributed by atoms with Gasteiger partial charge in [-0.25, -0.2) is 9.37 Å². The fourth-order valence-electron chi connectivity index (χ4n) is 1.74. The molecule has 4 heteroatoms. The Morgan fingerprint density at radius 2 is 2.06 bits per heavy atom. The summed E-state index contributed by atoms with van der Waals surface area (Å²) in [6, 6.07) is 13.9. The van der Waals surface area contributed by atoms with Gasteiger partial charge in [0.1, 0.15) is 10.8 Å². The fourth-order valence-corrected chi connectivity index (χ4v) is 2.73. The molecule has 0 N–H and O–H groups in total. The lowest BCUT2D eigenvalue weighted by Gasteiger charge is -1.95. The molecule has 1 aromatic heterocycles. The van der Waals surface area contributed by atoms with Crippen molar-refractivity contribution in [2.24, 2.45) is 0 Å². The number of hydrogen-bond acceptors (Lipinski definition) is 3. The van der Waals surface area contributed by atoms with Crippen LogP contribution in [0.1, 0.15) is 5.56 Å². The van der Waals surface area contributed by atoms with E-state index in [1.54, 1.807) is 18.2 Å². The summed E-state index contributed by atoms with van der Waals surface area (Å²) >= 11 is 1.42. The van der Waals surface area contributed by atoms with E-state index in [-0.39, 0.29) is 5.82 Å². The number of thiazole rings is 1. The number of aromatic nitrogens is 1. The Morgan fingerprint density at radius 1 is 1.17 bits per heavy atom. The molecule has 1 heterocycles. The molecule has 86 valence electrons. The van der Waals surface area contributed by atoms with Crippen molar-refractivity contribution in [1.82, 2.24) is 4.98 Å². The minimum absolute atomic E-state index is 0.261. The molecule has 2 nitrogen and oxygen atoms in total. The second kappa shape index (κ2) is 4.21. The van der Waals surface area contributed by atoms with Crippen LogP contribution in [0.4, 0.5) is 4.39 Å². The van der Waals surface area contributed by atoms with Gasteiger partial charge in [0.05, 0.1) is 21.8 Å². The Labute approximate surface area is 107 Å². The lowest BCUT2D eigenvalue weighted by atomic mass is 10.1. The highest BCUT2D eigenvalue weighted by atomic mass is 32.1. The van der Waals surface area contributed by atoms with Crippen molar-refractivity contribution < 1.29 is 4.39 Å². The Morgan fingerprint density at radius 3 is 2.89 bits per heavy atom. The first kappa shape index (κ1) is 10.9. The molecule has 0 fully saturated rings. The highest BCUT2D eigenvalue weighted by molar-refractivity contribution is 7.21. The molecule has 0 amide bonds. The summed E-state index contributed by atoms with van der Waals surface area (Å²) in [5.74, 6) is -0.261. The predicted molar refractivity (Wildman–Crippen MR) is 69.7 cm³/mol. The molecule has 0 bridgehead atoms. The van der Waals surface area contributed by atoms with Crippen LogP contribution < -0.4 is 0 Å². The number of nitrogens with zero attached hydrogens (tertiary/aromatic N) is 2. The van der Waals surface area contributed by atoms with Crippen LogP contribution in [0, 0.1) is 17.1 Å². The SMILES string of the molecule is N#Cc1cccc(-c2nc3ccc(F)cc3s2)c1.